The fraction of sp³-hybridized carbons (Fsp3) is 0.429. The van der Waals surface area contributed by atoms with E-state index in [9.17, 15) is 0 Å². The van der Waals surface area contributed by atoms with Crippen LogP contribution in [0.2, 0.25) is 0 Å². The number of hydrogen-bond acceptors (Lipinski definition) is 7. The number of methoxy groups -OCH3 is 1. The van der Waals surface area contributed by atoms with E-state index in [2.05, 4.69) is 15.5 Å². The van der Waals surface area contributed by atoms with E-state index in [1.165, 1.54) is 17.3 Å². The first kappa shape index (κ1) is 14.6. The van der Waals surface area contributed by atoms with Crippen LogP contribution in [0.3, 0.4) is 0 Å². The van der Waals surface area contributed by atoms with Crippen LogP contribution in [-0.4, -0.2) is 46.3 Å². The second-order valence-electron chi connectivity index (χ2n) is 4.60. The highest BCUT2D eigenvalue weighted by molar-refractivity contribution is 8.06. The summed E-state index contributed by atoms with van der Waals surface area (Å²) in [6.07, 6.45) is 0. The average molecular weight is 323 g/mol. The average Bonchev–Trinajstić information content (AvgIpc) is 3.03. The Labute approximate surface area is 132 Å². The van der Waals surface area contributed by atoms with E-state index in [1.54, 1.807) is 7.11 Å². The molecule has 0 aliphatic carbocycles. The molecule has 0 saturated carbocycles. The zero-order valence-corrected chi connectivity index (χ0v) is 13.4. The Bertz CT molecular complexity index is 585. The van der Waals surface area contributed by atoms with Gasteiger partial charge < -0.3 is 14.6 Å². The van der Waals surface area contributed by atoms with Crippen LogP contribution in [0.15, 0.2) is 28.8 Å². The number of nitrogens with one attached hydrogen (secondary N) is 1. The highest BCUT2D eigenvalue weighted by atomic mass is 32.2. The smallest absolute Gasteiger partial charge is 0.321 e. The number of nitrogens with zero attached hydrogens (tertiary/aromatic N) is 2. The number of ether oxygens (including phenoxy) is 1. The number of rotatable bonds is 5. The Morgan fingerprint density at radius 2 is 2.38 bits per heavy atom. The molecule has 0 spiro atoms. The molecule has 1 aromatic carbocycles. The van der Waals surface area contributed by atoms with Gasteiger partial charge in [0.15, 0.2) is 0 Å². The second kappa shape index (κ2) is 7.09. The van der Waals surface area contributed by atoms with Gasteiger partial charge in [-0.05, 0) is 12.1 Å². The Balaban J connectivity index is 1.62. The Kier molecular flexibility index (Phi) is 4.92. The van der Waals surface area contributed by atoms with E-state index >= 15 is 0 Å². The highest BCUT2D eigenvalue weighted by Gasteiger charge is 2.15. The number of anilines is 1. The quantitative estimate of drug-likeness (QED) is 0.907. The molecule has 7 heteroatoms. The van der Waals surface area contributed by atoms with Gasteiger partial charge in [0, 0.05) is 34.6 Å². The van der Waals surface area contributed by atoms with Crippen molar-refractivity contribution in [1.29, 1.82) is 0 Å². The fourth-order valence-electron chi connectivity index (χ4n) is 2.03. The zero-order chi connectivity index (χ0) is 14.5. The second-order valence-corrected chi connectivity index (χ2v) is 7.16. The molecular weight excluding hydrogens is 306 g/mol. The molecule has 1 unspecified atom stereocenters. The molecule has 0 amide bonds. The summed E-state index contributed by atoms with van der Waals surface area (Å²) in [5.41, 5.74) is 0.883. The van der Waals surface area contributed by atoms with Crippen LogP contribution in [0, 0.1) is 0 Å². The maximum absolute atomic E-state index is 5.25. The molecule has 112 valence electrons. The minimum absolute atomic E-state index is 0.476. The van der Waals surface area contributed by atoms with Crippen molar-refractivity contribution in [3.05, 3.63) is 24.3 Å². The van der Waals surface area contributed by atoms with Crippen LogP contribution in [0.25, 0.3) is 11.4 Å². The van der Waals surface area contributed by atoms with Crippen molar-refractivity contribution in [2.75, 3.05) is 36.2 Å². The number of thioether (sulfide) groups is 2. The molecule has 1 aliphatic heterocycles. The maximum Gasteiger partial charge on any atom is 0.321 e. The molecule has 1 N–H and O–H groups in total. The molecule has 2 heterocycles. The number of hydrogen-bond donors (Lipinski definition) is 1. The third-order valence-electron chi connectivity index (χ3n) is 3.12. The summed E-state index contributed by atoms with van der Waals surface area (Å²) in [4.78, 5) is 4.38. The zero-order valence-electron chi connectivity index (χ0n) is 11.7. The van der Waals surface area contributed by atoms with Gasteiger partial charge in [0.1, 0.15) is 5.75 Å². The van der Waals surface area contributed by atoms with Gasteiger partial charge >= 0.3 is 6.01 Å². The van der Waals surface area contributed by atoms with Gasteiger partial charge in [-0.25, -0.2) is 0 Å². The van der Waals surface area contributed by atoms with Gasteiger partial charge in [-0.2, -0.15) is 28.5 Å². The van der Waals surface area contributed by atoms with Gasteiger partial charge in [-0.15, -0.1) is 0 Å². The SMILES string of the molecule is COc1cccc(-c2noc(NCC3CSCCS3)n2)c1. The molecule has 5 nitrogen and oxygen atoms in total. The van der Waals surface area contributed by atoms with Crippen LogP contribution in [0.1, 0.15) is 0 Å². The minimum Gasteiger partial charge on any atom is -0.497 e. The van der Waals surface area contributed by atoms with Gasteiger partial charge in [-0.3, -0.25) is 0 Å². The monoisotopic (exact) mass is 323 g/mol. The van der Waals surface area contributed by atoms with Gasteiger partial charge in [0.2, 0.25) is 5.82 Å². The third kappa shape index (κ3) is 3.85. The van der Waals surface area contributed by atoms with E-state index in [1.807, 2.05) is 47.8 Å². The lowest BCUT2D eigenvalue weighted by Crippen LogP contribution is -2.23. The van der Waals surface area contributed by atoms with Crippen molar-refractivity contribution >= 4 is 29.5 Å². The molecule has 2 aromatic rings. The molecule has 1 saturated heterocycles. The van der Waals surface area contributed by atoms with E-state index in [0.717, 1.165) is 17.9 Å². The summed E-state index contributed by atoms with van der Waals surface area (Å²) in [5, 5.41) is 7.84. The summed E-state index contributed by atoms with van der Waals surface area (Å²) in [5.74, 6) is 5.00. The molecule has 0 bridgehead atoms. The van der Waals surface area contributed by atoms with E-state index in [0.29, 0.717) is 17.1 Å². The predicted molar refractivity (Wildman–Crippen MR) is 88.3 cm³/mol. The number of benzene rings is 1. The number of aromatic nitrogens is 2. The Morgan fingerprint density at radius 3 is 3.19 bits per heavy atom. The van der Waals surface area contributed by atoms with Gasteiger partial charge in [-0.1, -0.05) is 17.3 Å². The van der Waals surface area contributed by atoms with Crippen molar-refractivity contribution in [2.24, 2.45) is 0 Å². The summed E-state index contributed by atoms with van der Waals surface area (Å²) < 4.78 is 10.5. The lowest BCUT2D eigenvalue weighted by atomic mass is 10.2. The first-order valence-corrected chi connectivity index (χ1v) is 8.97. The summed E-state index contributed by atoms with van der Waals surface area (Å²) in [6, 6.07) is 8.10. The van der Waals surface area contributed by atoms with Crippen molar-refractivity contribution in [1.82, 2.24) is 10.1 Å². The molecule has 1 aliphatic rings. The van der Waals surface area contributed by atoms with Crippen LogP contribution in [0.5, 0.6) is 5.75 Å². The Hall–Kier alpha value is -1.34. The topological polar surface area (TPSA) is 60.2 Å². The van der Waals surface area contributed by atoms with Crippen molar-refractivity contribution < 1.29 is 9.26 Å². The van der Waals surface area contributed by atoms with E-state index in [-0.39, 0.29) is 0 Å². The van der Waals surface area contributed by atoms with Crippen LogP contribution >= 0.6 is 23.5 Å². The van der Waals surface area contributed by atoms with Crippen molar-refractivity contribution in [3.63, 3.8) is 0 Å². The largest absolute Gasteiger partial charge is 0.497 e. The molecule has 3 rings (SSSR count). The van der Waals surface area contributed by atoms with Crippen molar-refractivity contribution in [2.45, 2.75) is 5.25 Å². The lowest BCUT2D eigenvalue weighted by Gasteiger charge is -2.20. The normalized spacial score (nSPS) is 18.4. The van der Waals surface area contributed by atoms with Gasteiger partial charge in [0.25, 0.3) is 0 Å². The molecule has 1 atom stereocenters. The van der Waals surface area contributed by atoms with Crippen LogP contribution < -0.4 is 10.1 Å². The third-order valence-corrected chi connectivity index (χ3v) is 5.96. The first-order chi connectivity index (χ1) is 10.3. The van der Waals surface area contributed by atoms with Gasteiger partial charge in [0.05, 0.1) is 7.11 Å². The highest BCUT2D eigenvalue weighted by Crippen LogP contribution is 2.25. The van der Waals surface area contributed by atoms with Crippen molar-refractivity contribution in [3.8, 4) is 17.1 Å². The molecule has 21 heavy (non-hydrogen) atoms. The van der Waals surface area contributed by atoms with Crippen LogP contribution in [-0.2, 0) is 0 Å². The molecule has 1 fully saturated rings. The molecular formula is C14H17N3O2S2. The first-order valence-electron chi connectivity index (χ1n) is 6.76. The standard InChI is InChI=1S/C14H17N3O2S2/c1-18-11-4-2-3-10(7-11)13-16-14(19-17-13)15-8-12-9-20-5-6-21-12/h2-4,7,12H,5-6,8-9H2,1H3,(H,15,16,17). The minimum atomic E-state index is 0.476. The maximum atomic E-state index is 5.25. The van der Waals surface area contributed by atoms with E-state index < -0.39 is 0 Å². The molecule has 1 aromatic heterocycles. The summed E-state index contributed by atoms with van der Waals surface area (Å²) >= 11 is 4.00. The lowest BCUT2D eigenvalue weighted by molar-refractivity contribution is 0.414. The summed E-state index contributed by atoms with van der Waals surface area (Å²) in [7, 11) is 1.64. The Morgan fingerprint density at radius 1 is 1.43 bits per heavy atom. The predicted octanol–water partition coefficient (Wildman–Crippen LogP) is 3.01. The fourth-order valence-corrected chi connectivity index (χ4v) is 4.64. The summed E-state index contributed by atoms with van der Waals surface area (Å²) in [6.45, 7) is 0.859. The van der Waals surface area contributed by atoms with E-state index in [4.69, 9.17) is 9.26 Å². The van der Waals surface area contributed by atoms with Crippen LogP contribution in [0.4, 0.5) is 6.01 Å². The molecule has 0 radical (unpaired) electrons.